The first-order valence-electron chi connectivity index (χ1n) is 6.79. The van der Waals surface area contributed by atoms with E-state index in [0.29, 0.717) is 35.3 Å². The van der Waals surface area contributed by atoms with Gasteiger partial charge in [0.05, 0.1) is 11.6 Å². The Bertz CT molecular complexity index is 647. The van der Waals surface area contributed by atoms with E-state index in [1.165, 1.54) is 6.07 Å². The van der Waals surface area contributed by atoms with Gasteiger partial charge in [-0.3, -0.25) is 10.2 Å². The third-order valence-corrected chi connectivity index (χ3v) is 3.21. The van der Waals surface area contributed by atoms with Gasteiger partial charge in [0.2, 0.25) is 0 Å². The SMILES string of the molecule is CCOc1cc(C(=O)NN)cc(Cl)c1OCc1ccccc1. The summed E-state index contributed by atoms with van der Waals surface area (Å²) in [6.07, 6.45) is 0. The average Bonchev–Trinajstić information content (AvgIpc) is 2.54. The zero-order chi connectivity index (χ0) is 15.9. The highest BCUT2D eigenvalue weighted by Gasteiger charge is 2.16. The van der Waals surface area contributed by atoms with Crippen LogP contribution in [0, 0.1) is 0 Å². The summed E-state index contributed by atoms with van der Waals surface area (Å²) in [5.74, 6) is 5.50. The highest BCUT2D eigenvalue weighted by molar-refractivity contribution is 6.32. The van der Waals surface area contributed by atoms with Crippen molar-refractivity contribution in [2.45, 2.75) is 13.5 Å². The van der Waals surface area contributed by atoms with Crippen molar-refractivity contribution in [3.63, 3.8) is 0 Å². The Hall–Kier alpha value is -2.24. The molecule has 0 aromatic heterocycles. The van der Waals surface area contributed by atoms with Gasteiger partial charge in [0.1, 0.15) is 6.61 Å². The van der Waals surface area contributed by atoms with Crippen molar-refractivity contribution in [2.75, 3.05) is 6.61 Å². The number of hydrazine groups is 1. The van der Waals surface area contributed by atoms with Crippen LogP contribution in [0.5, 0.6) is 11.5 Å². The molecule has 0 aliphatic carbocycles. The van der Waals surface area contributed by atoms with Gasteiger partial charge in [-0.25, -0.2) is 5.84 Å². The van der Waals surface area contributed by atoms with E-state index in [2.05, 4.69) is 5.43 Å². The van der Waals surface area contributed by atoms with Crippen LogP contribution in [0.2, 0.25) is 5.02 Å². The molecular formula is C16H17ClN2O3. The van der Waals surface area contributed by atoms with Crippen LogP contribution in [0.15, 0.2) is 42.5 Å². The van der Waals surface area contributed by atoms with E-state index in [1.54, 1.807) is 6.07 Å². The van der Waals surface area contributed by atoms with Crippen LogP contribution < -0.4 is 20.7 Å². The predicted molar refractivity (Wildman–Crippen MR) is 85.0 cm³/mol. The molecule has 2 rings (SSSR count). The van der Waals surface area contributed by atoms with Crippen LogP contribution in [0.4, 0.5) is 0 Å². The lowest BCUT2D eigenvalue weighted by Crippen LogP contribution is -2.30. The van der Waals surface area contributed by atoms with Gasteiger partial charge in [0.25, 0.3) is 5.91 Å². The van der Waals surface area contributed by atoms with E-state index in [9.17, 15) is 4.79 Å². The second-order valence-corrected chi connectivity index (χ2v) is 4.87. The van der Waals surface area contributed by atoms with E-state index in [1.807, 2.05) is 37.3 Å². The lowest BCUT2D eigenvalue weighted by Gasteiger charge is -2.15. The number of halogens is 1. The molecule has 0 unspecified atom stereocenters. The van der Waals surface area contributed by atoms with Gasteiger partial charge in [0.15, 0.2) is 11.5 Å². The number of nitrogens with two attached hydrogens (primary N) is 1. The number of ether oxygens (including phenoxy) is 2. The monoisotopic (exact) mass is 320 g/mol. The van der Waals surface area contributed by atoms with Gasteiger partial charge in [0, 0.05) is 5.56 Å². The van der Waals surface area contributed by atoms with Gasteiger partial charge in [-0.15, -0.1) is 0 Å². The van der Waals surface area contributed by atoms with Crippen LogP contribution in [0.1, 0.15) is 22.8 Å². The first kappa shape index (κ1) is 16.1. The van der Waals surface area contributed by atoms with Crippen molar-refractivity contribution in [1.29, 1.82) is 0 Å². The number of carbonyl (C=O) groups is 1. The molecule has 0 heterocycles. The van der Waals surface area contributed by atoms with E-state index in [-0.39, 0.29) is 0 Å². The number of carbonyl (C=O) groups excluding carboxylic acids is 1. The minimum Gasteiger partial charge on any atom is -0.490 e. The number of nitrogen functional groups attached to an aromatic ring is 1. The number of benzene rings is 2. The van der Waals surface area contributed by atoms with Crippen LogP contribution in [-0.4, -0.2) is 12.5 Å². The van der Waals surface area contributed by atoms with Crippen molar-refractivity contribution in [3.8, 4) is 11.5 Å². The van der Waals surface area contributed by atoms with E-state index in [0.717, 1.165) is 5.56 Å². The number of amides is 1. The largest absolute Gasteiger partial charge is 0.490 e. The molecule has 0 saturated heterocycles. The molecule has 0 fully saturated rings. The molecule has 0 radical (unpaired) electrons. The summed E-state index contributed by atoms with van der Waals surface area (Å²) in [4.78, 5) is 11.6. The molecule has 1 amide bonds. The smallest absolute Gasteiger partial charge is 0.265 e. The van der Waals surface area contributed by atoms with E-state index in [4.69, 9.17) is 26.9 Å². The van der Waals surface area contributed by atoms with Crippen molar-refractivity contribution < 1.29 is 14.3 Å². The summed E-state index contributed by atoms with van der Waals surface area (Å²) in [5.41, 5.74) is 3.37. The Balaban J connectivity index is 2.27. The summed E-state index contributed by atoms with van der Waals surface area (Å²) in [6.45, 7) is 2.61. The second-order valence-electron chi connectivity index (χ2n) is 4.47. The molecule has 0 atom stereocenters. The van der Waals surface area contributed by atoms with Crippen molar-refractivity contribution in [1.82, 2.24) is 5.43 Å². The molecule has 0 spiro atoms. The first-order valence-corrected chi connectivity index (χ1v) is 7.17. The Morgan fingerprint density at radius 1 is 1.23 bits per heavy atom. The van der Waals surface area contributed by atoms with Gasteiger partial charge in [-0.2, -0.15) is 0 Å². The van der Waals surface area contributed by atoms with Gasteiger partial charge in [-0.05, 0) is 24.6 Å². The Labute approximate surface area is 134 Å². The first-order chi connectivity index (χ1) is 10.7. The zero-order valence-corrected chi connectivity index (χ0v) is 12.9. The molecular weight excluding hydrogens is 304 g/mol. The van der Waals surface area contributed by atoms with Crippen molar-refractivity contribution in [2.24, 2.45) is 5.84 Å². The standard InChI is InChI=1S/C16H17ClN2O3/c1-2-21-14-9-12(16(20)19-18)8-13(17)15(14)22-10-11-6-4-3-5-7-11/h3-9H,2,10,18H2,1H3,(H,19,20). The van der Waals surface area contributed by atoms with Crippen molar-refractivity contribution >= 4 is 17.5 Å². The second kappa shape index (κ2) is 7.68. The average molecular weight is 321 g/mol. The molecule has 0 aliphatic heterocycles. The Kier molecular flexibility index (Phi) is 5.63. The fourth-order valence-corrected chi connectivity index (χ4v) is 2.18. The van der Waals surface area contributed by atoms with Crippen LogP contribution >= 0.6 is 11.6 Å². The molecule has 0 aliphatic rings. The normalized spacial score (nSPS) is 10.1. The summed E-state index contributed by atoms with van der Waals surface area (Å²) < 4.78 is 11.3. The number of rotatable bonds is 6. The lowest BCUT2D eigenvalue weighted by atomic mass is 10.2. The van der Waals surface area contributed by atoms with Gasteiger partial charge in [-0.1, -0.05) is 41.9 Å². The van der Waals surface area contributed by atoms with E-state index >= 15 is 0 Å². The van der Waals surface area contributed by atoms with Crippen LogP contribution in [0.3, 0.4) is 0 Å². The van der Waals surface area contributed by atoms with Crippen molar-refractivity contribution in [3.05, 3.63) is 58.6 Å². The quantitative estimate of drug-likeness (QED) is 0.487. The summed E-state index contributed by atoms with van der Waals surface area (Å²) in [6, 6.07) is 12.7. The molecule has 3 N–H and O–H groups in total. The minimum absolute atomic E-state index is 0.292. The minimum atomic E-state index is -0.447. The summed E-state index contributed by atoms with van der Waals surface area (Å²) >= 11 is 6.21. The number of hydrogen-bond acceptors (Lipinski definition) is 4. The fourth-order valence-electron chi connectivity index (χ4n) is 1.92. The highest BCUT2D eigenvalue weighted by atomic mass is 35.5. The molecule has 0 bridgehead atoms. The van der Waals surface area contributed by atoms with Crippen LogP contribution in [0.25, 0.3) is 0 Å². The highest BCUT2D eigenvalue weighted by Crippen LogP contribution is 2.37. The molecule has 2 aromatic carbocycles. The maximum Gasteiger partial charge on any atom is 0.265 e. The third-order valence-electron chi connectivity index (χ3n) is 2.93. The topological polar surface area (TPSA) is 73.6 Å². The summed E-state index contributed by atoms with van der Waals surface area (Å²) in [7, 11) is 0. The molecule has 5 nitrogen and oxygen atoms in total. The van der Waals surface area contributed by atoms with E-state index < -0.39 is 5.91 Å². The predicted octanol–water partition coefficient (Wildman–Crippen LogP) is 2.92. The zero-order valence-electron chi connectivity index (χ0n) is 12.1. The molecule has 0 saturated carbocycles. The van der Waals surface area contributed by atoms with Gasteiger partial charge >= 0.3 is 0 Å². The number of nitrogens with one attached hydrogen (secondary N) is 1. The number of hydrogen-bond donors (Lipinski definition) is 2. The lowest BCUT2D eigenvalue weighted by molar-refractivity contribution is 0.0953. The maximum absolute atomic E-state index is 11.6. The van der Waals surface area contributed by atoms with Gasteiger partial charge < -0.3 is 9.47 Å². The summed E-state index contributed by atoms with van der Waals surface area (Å²) in [5, 5.41) is 0.292. The Morgan fingerprint density at radius 2 is 1.95 bits per heavy atom. The molecule has 6 heteroatoms. The van der Waals surface area contributed by atoms with Crippen LogP contribution in [-0.2, 0) is 6.61 Å². The third kappa shape index (κ3) is 3.90. The molecule has 22 heavy (non-hydrogen) atoms. The molecule has 116 valence electrons. The fraction of sp³-hybridized carbons (Fsp3) is 0.188. The molecule has 2 aromatic rings. The Morgan fingerprint density at radius 3 is 2.59 bits per heavy atom. The maximum atomic E-state index is 11.6.